The maximum atomic E-state index is 13.4. The molecule has 7 nitrogen and oxygen atoms in total. The fourth-order valence-electron chi connectivity index (χ4n) is 4.53. The third-order valence-corrected chi connectivity index (χ3v) is 6.45. The van der Waals surface area contributed by atoms with E-state index in [2.05, 4.69) is 27.7 Å². The first-order chi connectivity index (χ1) is 17.1. The number of carbonyl (C=O) groups is 2. The van der Waals surface area contributed by atoms with E-state index in [9.17, 15) is 9.59 Å². The summed E-state index contributed by atoms with van der Waals surface area (Å²) >= 11 is 0. The molecule has 3 aromatic rings. The molecule has 2 N–H and O–H groups in total. The van der Waals surface area contributed by atoms with Crippen LogP contribution in [0.4, 0.5) is 0 Å². The van der Waals surface area contributed by atoms with Crippen molar-refractivity contribution in [3.05, 3.63) is 89.9 Å². The number of amides is 2. The zero-order valence-electron chi connectivity index (χ0n) is 20.1. The van der Waals surface area contributed by atoms with Crippen LogP contribution in [0.1, 0.15) is 47.0 Å². The van der Waals surface area contributed by atoms with Crippen molar-refractivity contribution in [3.63, 3.8) is 0 Å². The number of nitrogens with zero attached hydrogens (tertiary/aromatic N) is 1. The molecular weight excluding hydrogens is 442 g/mol. The largest absolute Gasteiger partial charge is 0.497 e. The van der Waals surface area contributed by atoms with Crippen molar-refractivity contribution >= 4 is 11.8 Å². The third-order valence-electron chi connectivity index (χ3n) is 6.45. The van der Waals surface area contributed by atoms with Crippen molar-refractivity contribution in [1.82, 2.24) is 15.5 Å². The number of likely N-dealkylation sites (tertiary alicyclic amines) is 1. The first kappa shape index (κ1) is 24.5. The molecule has 2 heterocycles. The Morgan fingerprint density at radius 2 is 1.71 bits per heavy atom. The second-order valence-corrected chi connectivity index (χ2v) is 8.82. The van der Waals surface area contributed by atoms with Crippen LogP contribution in [0, 0.1) is 0 Å². The monoisotopic (exact) mass is 475 g/mol. The van der Waals surface area contributed by atoms with Crippen LogP contribution in [0.3, 0.4) is 0 Å². The van der Waals surface area contributed by atoms with Gasteiger partial charge >= 0.3 is 0 Å². The topological polar surface area (TPSA) is 83.8 Å². The van der Waals surface area contributed by atoms with Crippen molar-refractivity contribution in [2.24, 2.45) is 0 Å². The van der Waals surface area contributed by atoms with Crippen LogP contribution < -0.4 is 15.4 Å². The lowest BCUT2D eigenvalue weighted by Gasteiger charge is -2.35. The predicted octanol–water partition coefficient (Wildman–Crippen LogP) is 3.97. The van der Waals surface area contributed by atoms with E-state index in [0.717, 1.165) is 42.8 Å². The number of furan rings is 1. The van der Waals surface area contributed by atoms with Gasteiger partial charge in [-0.25, -0.2) is 0 Å². The average Bonchev–Trinajstić information content (AvgIpc) is 3.45. The molecule has 184 valence electrons. The van der Waals surface area contributed by atoms with Gasteiger partial charge in [0.25, 0.3) is 5.91 Å². The Morgan fingerprint density at radius 1 is 0.971 bits per heavy atom. The number of hydrogen-bond acceptors (Lipinski definition) is 5. The third kappa shape index (κ3) is 6.73. The van der Waals surface area contributed by atoms with E-state index in [0.29, 0.717) is 13.0 Å². The molecule has 0 spiro atoms. The predicted molar refractivity (Wildman–Crippen MR) is 134 cm³/mol. The van der Waals surface area contributed by atoms with Gasteiger partial charge in [0.05, 0.1) is 19.4 Å². The molecule has 4 rings (SSSR count). The fourth-order valence-corrected chi connectivity index (χ4v) is 4.53. The Bertz CT molecular complexity index is 1060. The van der Waals surface area contributed by atoms with Crippen LogP contribution in [-0.2, 0) is 11.2 Å². The highest BCUT2D eigenvalue weighted by atomic mass is 16.5. The van der Waals surface area contributed by atoms with Crippen molar-refractivity contribution in [2.45, 2.75) is 37.8 Å². The summed E-state index contributed by atoms with van der Waals surface area (Å²) in [5.41, 5.74) is 2.10. The molecule has 2 atom stereocenters. The Hall–Kier alpha value is -3.58. The second kappa shape index (κ2) is 12.2. The smallest absolute Gasteiger partial charge is 0.287 e. The van der Waals surface area contributed by atoms with Crippen LogP contribution in [0.25, 0.3) is 0 Å². The van der Waals surface area contributed by atoms with Crippen LogP contribution in [0.5, 0.6) is 5.75 Å². The molecule has 2 aromatic carbocycles. The van der Waals surface area contributed by atoms with E-state index in [4.69, 9.17) is 9.15 Å². The van der Waals surface area contributed by atoms with Gasteiger partial charge in [-0.05, 0) is 61.3 Å². The van der Waals surface area contributed by atoms with Crippen LogP contribution >= 0.6 is 0 Å². The Morgan fingerprint density at radius 3 is 2.37 bits per heavy atom. The first-order valence-corrected chi connectivity index (χ1v) is 12.2. The van der Waals surface area contributed by atoms with Gasteiger partial charge in [-0.15, -0.1) is 0 Å². The van der Waals surface area contributed by atoms with E-state index in [1.165, 1.54) is 12.7 Å². The summed E-state index contributed by atoms with van der Waals surface area (Å²) in [6.07, 6.45) is 5.36. The Kier molecular flexibility index (Phi) is 8.57. The van der Waals surface area contributed by atoms with E-state index in [1.54, 1.807) is 19.2 Å². The summed E-state index contributed by atoms with van der Waals surface area (Å²) in [4.78, 5) is 28.5. The summed E-state index contributed by atoms with van der Waals surface area (Å²) in [5, 5.41) is 5.97. The minimum atomic E-state index is -0.729. The lowest BCUT2D eigenvalue weighted by molar-refractivity contribution is -0.123. The highest BCUT2D eigenvalue weighted by Gasteiger charge is 2.27. The number of carbonyl (C=O) groups excluding carboxylic acids is 2. The minimum Gasteiger partial charge on any atom is -0.497 e. The van der Waals surface area contributed by atoms with Gasteiger partial charge in [-0.2, -0.15) is 0 Å². The summed E-state index contributed by atoms with van der Waals surface area (Å²) in [6, 6.07) is 20.3. The van der Waals surface area contributed by atoms with Gasteiger partial charge in [0.15, 0.2) is 5.76 Å². The van der Waals surface area contributed by atoms with Crippen LogP contribution in [0.2, 0.25) is 0 Å². The summed E-state index contributed by atoms with van der Waals surface area (Å²) in [7, 11) is 1.65. The van der Waals surface area contributed by atoms with Gasteiger partial charge in [-0.1, -0.05) is 48.9 Å². The van der Waals surface area contributed by atoms with Gasteiger partial charge in [-0.3, -0.25) is 14.5 Å². The number of rotatable bonds is 10. The molecule has 1 aliphatic rings. The van der Waals surface area contributed by atoms with Gasteiger partial charge in [0.2, 0.25) is 5.91 Å². The van der Waals surface area contributed by atoms with Gasteiger partial charge in [0.1, 0.15) is 11.8 Å². The zero-order chi connectivity index (χ0) is 24.5. The fraction of sp³-hybridized carbons (Fsp3) is 0.357. The molecular formula is C28H33N3O4. The van der Waals surface area contributed by atoms with Crippen LogP contribution in [-0.4, -0.2) is 49.5 Å². The van der Waals surface area contributed by atoms with E-state index >= 15 is 0 Å². The molecule has 1 fully saturated rings. The molecule has 0 radical (unpaired) electrons. The number of piperidine rings is 1. The van der Waals surface area contributed by atoms with Crippen molar-refractivity contribution in [1.29, 1.82) is 0 Å². The summed E-state index contributed by atoms with van der Waals surface area (Å²) in [5.74, 6) is 0.358. The molecule has 2 amide bonds. The van der Waals surface area contributed by atoms with E-state index in [1.807, 2.05) is 42.5 Å². The number of hydrogen-bond donors (Lipinski definition) is 2. The first-order valence-electron chi connectivity index (χ1n) is 12.2. The maximum absolute atomic E-state index is 13.4. The summed E-state index contributed by atoms with van der Waals surface area (Å²) < 4.78 is 10.5. The number of benzene rings is 2. The Balaban J connectivity index is 1.48. The highest BCUT2D eigenvalue weighted by molar-refractivity contribution is 5.95. The molecule has 1 aliphatic heterocycles. The Labute approximate surface area is 206 Å². The molecule has 0 saturated carbocycles. The molecule has 35 heavy (non-hydrogen) atoms. The maximum Gasteiger partial charge on any atom is 0.287 e. The van der Waals surface area contributed by atoms with E-state index in [-0.39, 0.29) is 17.7 Å². The molecule has 1 saturated heterocycles. The lowest BCUT2D eigenvalue weighted by atomic mass is 10.0. The standard InChI is InChI=1S/C28H33N3O4/c1-34-23-14-12-22(13-15-23)25(31-16-6-3-7-17-31)20-29-27(32)24(19-21-9-4-2-5-10-21)30-28(33)26-11-8-18-35-26/h2,4-5,8-15,18,24-25H,3,6-7,16-17,19-20H2,1H3,(H,29,32)(H,30,33)/t24-,25+/m0/s1. The number of ether oxygens (including phenoxy) is 1. The van der Waals surface area contributed by atoms with Crippen molar-refractivity contribution in [2.75, 3.05) is 26.7 Å². The molecule has 0 bridgehead atoms. The summed E-state index contributed by atoms with van der Waals surface area (Å²) in [6.45, 7) is 2.44. The second-order valence-electron chi connectivity index (χ2n) is 8.82. The lowest BCUT2D eigenvalue weighted by Crippen LogP contribution is -2.50. The molecule has 0 unspecified atom stereocenters. The van der Waals surface area contributed by atoms with Crippen LogP contribution in [0.15, 0.2) is 77.4 Å². The highest BCUT2D eigenvalue weighted by Crippen LogP contribution is 2.26. The molecule has 0 aliphatic carbocycles. The SMILES string of the molecule is COc1ccc([C@@H](CNC(=O)[C@H](Cc2ccccc2)NC(=O)c2ccco2)N2CCCCC2)cc1. The minimum absolute atomic E-state index is 0.0447. The number of nitrogens with one attached hydrogen (secondary N) is 2. The van der Waals surface area contributed by atoms with Crippen molar-refractivity contribution < 1.29 is 18.7 Å². The average molecular weight is 476 g/mol. The van der Waals surface area contributed by atoms with Crippen molar-refractivity contribution in [3.8, 4) is 5.75 Å². The van der Waals surface area contributed by atoms with Gasteiger partial charge < -0.3 is 19.8 Å². The molecule has 1 aromatic heterocycles. The van der Waals surface area contributed by atoms with Gasteiger partial charge in [0, 0.05) is 13.0 Å². The number of methoxy groups -OCH3 is 1. The zero-order valence-corrected chi connectivity index (χ0v) is 20.1. The van der Waals surface area contributed by atoms with E-state index < -0.39 is 11.9 Å². The molecule has 7 heteroatoms. The quantitative estimate of drug-likeness (QED) is 0.464. The normalized spacial score (nSPS) is 15.7.